The lowest BCUT2D eigenvalue weighted by Gasteiger charge is -2.32. The summed E-state index contributed by atoms with van der Waals surface area (Å²) in [6, 6.07) is 12.7. The number of carbonyl (C=O) groups excluding carboxylic acids is 1. The number of fused-ring (bicyclic) bond motifs is 1. The summed E-state index contributed by atoms with van der Waals surface area (Å²) in [4.78, 5) is 14.9. The van der Waals surface area contributed by atoms with Crippen LogP contribution in [0.5, 0.6) is 0 Å². The van der Waals surface area contributed by atoms with E-state index in [4.69, 9.17) is 0 Å². The number of amides is 1. The standard InChI is InChI=1S/C20H20BrN3O3S/c1-13-6-7-15(21)12-17(13)22-20(25)14-8-10-24(11-9-14)19-16-4-2-3-5-18(16)28(26,27)23-19/h2-7,12,14H,8-11H2,1H3,(H,22,25). The van der Waals surface area contributed by atoms with Crippen molar-refractivity contribution in [1.29, 1.82) is 0 Å². The summed E-state index contributed by atoms with van der Waals surface area (Å²) in [7, 11) is -3.62. The molecule has 28 heavy (non-hydrogen) atoms. The molecule has 2 aromatic rings. The topological polar surface area (TPSA) is 78.8 Å². The Morgan fingerprint density at radius 3 is 2.64 bits per heavy atom. The molecule has 146 valence electrons. The van der Waals surface area contributed by atoms with Crippen molar-refractivity contribution in [2.45, 2.75) is 24.7 Å². The SMILES string of the molecule is Cc1ccc(Br)cc1NC(=O)C1CCN(C2=NS(=O)(=O)c3ccccc32)CC1. The molecule has 0 unspecified atom stereocenters. The molecule has 0 aliphatic carbocycles. The molecule has 0 spiro atoms. The molecule has 4 rings (SSSR count). The maximum atomic E-state index is 12.7. The van der Waals surface area contributed by atoms with Crippen molar-refractivity contribution in [3.05, 3.63) is 58.1 Å². The number of piperidine rings is 1. The number of halogens is 1. The minimum absolute atomic E-state index is 0.00207. The molecule has 0 bridgehead atoms. The molecular formula is C20H20BrN3O3S. The van der Waals surface area contributed by atoms with Crippen molar-refractivity contribution in [1.82, 2.24) is 4.90 Å². The highest BCUT2D eigenvalue weighted by Crippen LogP contribution is 2.30. The fourth-order valence-electron chi connectivity index (χ4n) is 3.63. The lowest BCUT2D eigenvalue weighted by atomic mass is 9.95. The Bertz CT molecular complexity index is 1070. The number of likely N-dealkylation sites (tertiary alicyclic amines) is 1. The highest BCUT2D eigenvalue weighted by molar-refractivity contribution is 9.10. The van der Waals surface area contributed by atoms with Crippen LogP contribution in [0.1, 0.15) is 24.0 Å². The number of aryl methyl sites for hydroxylation is 1. The van der Waals surface area contributed by atoms with Gasteiger partial charge in [0.25, 0.3) is 10.0 Å². The molecule has 0 saturated carbocycles. The third-order valence-electron chi connectivity index (χ3n) is 5.24. The first-order chi connectivity index (χ1) is 13.3. The van der Waals surface area contributed by atoms with E-state index in [1.54, 1.807) is 18.2 Å². The number of hydrogen-bond acceptors (Lipinski definition) is 4. The number of benzene rings is 2. The molecule has 1 saturated heterocycles. The Labute approximate surface area is 172 Å². The number of nitrogens with zero attached hydrogens (tertiary/aromatic N) is 2. The van der Waals surface area contributed by atoms with Crippen LogP contribution in [0.3, 0.4) is 0 Å². The zero-order chi connectivity index (χ0) is 19.9. The van der Waals surface area contributed by atoms with Gasteiger partial charge < -0.3 is 10.2 Å². The molecule has 2 heterocycles. The van der Waals surface area contributed by atoms with Gasteiger partial charge in [-0.05, 0) is 49.6 Å². The molecule has 6 nitrogen and oxygen atoms in total. The van der Waals surface area contributed by atoms with Crippen molar-refractivity contribution in [3.8, 4) is 0 Å². The molecular weight excluding hydrogens is 442 g/mol. The minimum atomic E-state index is -3.62. The summed E-state index contributed by atoms with van der Waals surface area (Å²) in [6.45, 7) is 3.15. The largest absolute Gasteiger partial charge is 0.355 e. The van der Waals surface area contributed by atoms with Crippen LogP contribution in [0.25, 0.3) is 0 Å². The van der Waals surface area contributed by atoms with E-state index in [0.29, 0.717) is 37.3 Å². The van der Waals surface area contributed by atoms with Crippen molar-refractivity contribution < 1.29 is 13.2 Å². The zero-order valence-corrected chi connectivity index (χ0v) is 17.8. The second-order valence-corrected chi connectivity index (χ2v) is 9.58. The quantitative estimate of drug-likeness (QED) is 0.741. The van der Waals surface area contributed by atoms with E-state index in [0.717, 1.165) is 15.7 Å². The first-order valence-electron chi connectivity index (χ1n) is 9.11. The molecule has 2 aromatic carbocycles. The van der Waals surface area contributed by atoms with Crippen LogP contribution in [0.15, 0.2) is 56.2 Å². The summed E-state index contributed by atoms with van der Waals surface area (Å²) in [5, 5.41) is 3.02. The molecule has 0 atom stereocenters. The van der Waals surface area contributed by atoms with Gasteiger partial charge >= 0.3 is 0 Å². The van der Waals surface area contributed by atoms with Gasteiger partial charge in [0.2, 0.25) is 5.91 Å². The Morgan fingerprint density at radius 1 is 1.18 bits per heavy atom. The zero-order valence-electron chi connectivity index (χ0n) is 15.4. The van der Waals surface area contributed by atoms with Crippen molar-refractivity contribution in [3.63, 3.8) is 0 Å². The third-order valence-corrected chi connectivity index (χ3v) is 7.05. The van der Waals surface area contributed by atoms with Gasteiger partial charge in [0.15, 0.2) is 5.84 Å². The van der Waals surface area contributed by atoms with E-state index in [-0.39, 0.29) is 16.7 Å². The molecule has 0 radical (unpaired) electrons. The second-order valence-electron chi connectivity index (χ2n) is 7.10. The van der Waals surface area contributed by atoms with E-state index >= 15 is 0 Å². The number of carbonyl (C=O) groups is 1. The van der Waals surface area contributed by atoms with E-state index < -0.39 is 10.0 Å². The molecule has 2 aliphatic rings. The summed E-state index contributed by atoms with van der Waals surface area (Å²) < 4.78 is 29.4. The molecule has 1 amide bonds. The smallest absolute Gasteiger partial charge is 0.285 e. The fraction of sp³-hybridized carbons (Fsp3) is 0.300. The van der Waals surface area contributed by atoms with Crippen molar-refractivity contribution in [2.75, 3.05) is 18.4 Å². The highest BCUT2D eigenvalue weighted by atomic mass is 79.9. The average Bonchev–Trinajstić information content (AvgIpc) is 2.96. The van der Waals surface area contributed by atoms with Crippen LogP contribution < -0.4 is 5.32 Å². The third kappa shape index (κ3) is 3.58. The van der Waals surface area contributed by atoms with E-state index in [1.807, 2.05) is 36.1 Å². The number of hydrogen-bond donors (Lipinski definition) is 1. The van der Waals surface area contributed by atoms with Gasteiger partial charge in [-0.3, -0.25) is 4.79 Å². The van der Waals surface area contributed by atoms with Crippen LogP contribution in [0.2, 0.25) is 0 Å². The number of rotatable bonds is 2. The number of anilines is 1. The number of amidine groups is 1. The van der Waals surface area contributed by atoms with Crippen LogP contribution in [-0.4, -0.2) is 38.2 Å². The van der Waals surface area contributed by atoms with Gasteiger partial charge in [-0.25, -0.2) is 0 Å². The second kappa shape index (κ2) is 7.33. The highest BCUT2D eigenvalue weighted by Gasteiger charge is 2.34. The van der Waals surface area contributed by atoms with Crippen molar-refractivity contribution in [2.24, 2.45) is 10.3 Å². The van der Waals surface area contributed by atoms with Gasteiger partial charge in [0.1, 0.15) is 4.90 Å². The predicted octanol–water partition coefficient (Wildman–Crippen LogP) is 3.56. The van der Waals surface area contributed by atoms with E-state index in [9.17, 15) is 13.2 Å². The molecule has 1 fully saturated rings. The average molecular weight is 462 g/mol. The summed E-state index contributed by atoms with van der Waals surface area (Å²) in [5.74, 6) is 0.392. The molecule has 2 aliphatic heterocycles. The van der Waals surface area contributed by atoms with Gasteiger partial charge in [0, 0.05) is 34.7 Å². The van der Waals surface area contributed by atoms with Crippen LogP contribution in [-0.2, 0) is 14.8 Å². The monoisotopic (exact) mass is 461 g/mol. The lowest BCUT2D eigenvalue weighted by Crippen LogP contribution is -2.41. The van der Waals surface area contributed by atoms with Gasteiger partial charge in [0.05, 0.1) is 0 Å². The summed E-state index contributed by atoms with van der Waals surface area (Å²) in [6.07, 6.45) is 1.31. The maximum Gasteiger partial charge on any atom is 0.285 e. The normalized spacial score (nSPS) is 18.5. The first kappa shape index (κ1) is 19.1. The first-order valence-corrected chi connectivity index (χ1v) is 11.3. The Kier molecular flexibility index (Phi) is 5.01. The minimum Gasteiger partial charge on any atom is -0.355 e. The maximum absolute atomic E-state index is 12.7. The summed E-state index contributed by atoms with van der Waals surface area (Å²) >= 11 is 3.43. The fourth-order valence-corrected chi connectivity index (χ4v) is 5.22. The van der Waals surface area contributed by atoms with Gasteiger partial charge in [-0.2, -0.15) is 8.42 Å². The van der Waals surface area contributed by atoms with Crippen LogP contribution >= 0.6 is 15.9 Å². The van der Waals surface area contributed by atoms with Gasteiger partial charge in [-0.1, -0.05) is 34.1 Å². The van der Waals surface area contributed by atoms with Crippen molar-refractivity contribution >= 4 is 43.4 Å². The van der Waals surface area contributed by atoms with E-state index in [2.05, 4.69) is 25.6 Å². The number of sulfonamides is 1. The predicted molar refractivity (Wildman–Crippen MR) is 112 cm³/mol. The molecule has 1 N–H and O–H groups in total. The van der Waals surface area contributed by atoms with Crippen LogP contribution in [0, 0.1) is 12.8 Å². The Hall–Kier alpha value is -2.19. The van der Waals surface area contributed by atoms with E-state index in [1.165, 1.54) is 0 Å². The Morgan fingerprint density at radius 2 is 1.89 bits per heavy atom. The molecule has 0 aromatic heterocycles. The lowest BCUT2D eigenvalue weighted by molar-refractivity contribution is -0.121. The van der Waals surface area contributed by atoms with Crippen LogP contribution in [0.4, 0.5) is 5.69 Å². The number of nitrogens with one attached hydrogen (secondary N) is 1. The Balaban J connectivity index is 1.44. The van der Waals surface area contributed by atoms with Gasteiger partial charge in [-0.15, -0.1) is 4.40 Å². The molecule has 8 heteroatoms. The summed E-state index contributed by atoms with van der Waals surface area (Å²) in [5.41, 5.74) is 2.47.